The van der Waals surface area contributed by atoms with Crippen LogP contribution < -0.4 is 16.6 Å². The first kappa shape index (κ1) is 10.7. The zero-order chi connectivity index (χ0) is 7.61. The molecule has 1 aliphatic rings. The van der Waals surface area contributed by atoms with Gasteiger partial charge in [0.15, 0.2) is 0 Å². The van der Waals surface area contributed by atoms with Crippen molar-refractivity contribution in [1.82, 2.24) is 10.7 Å². The van der Waals surface area contributed by atoms with Gasteiger partial charge in [0, 0.05) is 18.5 Å². The first-order valence-electron chi connectivity index (χ1n) is 3.39. The van der Waals surface area contributed by atoms with Crippen molar-refractivity contribution in [1.29, 1.82) is 0 Å². The Morgan fingerprint density at radius 3 is 2.64 bits per heavy atom. The molecule has 0 aromatic carbocycles. The molecule has 4 nitrogen and oxygen atoms in total. The van der Waals surface area contributed by atoms with Gasteiger partial charge in [0.1, 0.15) is 0 Å². The highest BCUT2D eigenvalue weighted by Gasteiger charge is 2.21. The summed E-state index contributed by atoms with van der Waals surface area (Å²) in [5, 5.41) is 3.07. The van der Waals surface area contributed by atoms with Crippen molar-refractivity contribution in [2.75, 3.05) is 13.1 Å². The van der Waals surface area contributed by atoms with Gasteiger partial charge in [-0.25, -0.2) is 5.84 Å². The molecular weight excluding hydrogens is 208 g/mol. The maximum Gasteiger partial charge on any atom is 0.205 e. The Hall–Kier alpha value is -0.290. The van der Waals surface area contributed by atoms with E-state index in [0.717, 1.165) is 13.1 Å². The molecule has 1 rings (SSSR count). The van der Waals surface area contributed by atoms with Gasteiger partial charge < -0.3 is 5.32 Å². The highest BCUT2D eigenvalue weighted by atomic mass is 79.9. The minimum Gasteiger partial charge on any atom is -0.355 e. The Balaban J connectivity index is 0.000001000. The van der Waals surface area contributed by atoms with Crippen LogP contribution in [0, 0.1) is 5.41 Å². The van der Waals surface area contributed by atoms with E-state index in [4.69, 9.17) is 5.84 Å². The lowest BCUT2D eigenvalue weighted by Gasteiger charge is -2.28. The molecular formula is C6H15BrN4. The molecule has 0 saturated heterocycles. The lowest BCUT2D eigenvalue weighted by molar-refractivity contribution is 0.358. The van der Waals surface area contributed by atoms with Gasteiger partial charge in [-0.1, -0.05) is 13.8 Å². The Morgan fingerprint density at radius 2 is 2.27 bits per heavy atom. The minimum absolute atomic E-state index is 0. The van der Waals surface area contributed by atoms with Crippen LogP contribution in [0.2, 0.25) is 0 Å². The van der Waals surface area contributed by atoms with Crippen molar-refractivity contribution in [2.24, 2.45) is 16.3 Å². The van der Waals surface area contributed by atoms with Gasteiger partial charge in [-0.3, -0.25) is 10.4 Å². The third kappa shape index (κ3) is 3.07. The van der Waals surface area contributed by atoms with Crippen LogP contribution in [-0.4, -0.2) is 19.0 Å². The second kappa shape index (κ2) is 3.92. The van der Waals surface area contributed by atoms with Crippen LogP contribution >= 0.6 is 17.0 Å². The molecule has 0 atom stereocenters. The molecule has 0 saturated carbocycles. The Labute approximate surface area is 77.4 Å². The van der Waals surface area contributed by atoms with Crippen LogP contribution in [-0.2, 0) is 0 Å². The molecule has 5 heteroatoms. The van der Waals surface area contributed by atoms with E-state index in [1.165, 1.54) is 0 Å². The number of hydrogen-bond acceptors (Lipinski definition) is 4. The number of nitrogens with zero attached hydrogens (tertiary/aromatic N) is 1. The molecule has 0 bridgehead atoms. The van der Waals surface area contributed by atoms with E-state index in [1.54, 1.807) is 0 Å². The largest absolute Gasteiger partial charge is 0.355 e. The van der Waals surface area contributed by atoms with Gasteiger partial charge >= 0.3 is 0 Å². The van der Waals surface area contributed by atoms with Crippen LogP contribution in [0.15, 0.2) is 4.99 Å². The molecule has 0 radical (unpaired) electrons. The quantitative estimate of drug-likeness (QED) is 0.400. The monoisotopic (exact) mass is 222 g/mol. The zero-order valence-corrected chi connectivity index (χ0v) is 8.56. The standard InChI is InChI=1S/C6H14N4.BrH/c1-6(2)3-8-5(10-7)9-4-6;/h3-4,7H2,1-2H3,(H2,8,9,10);1H. The maximum atomic E-state index is 5.15. The van der Waals surface area contributed by atoms with E-state index in [2.05, 4.69) is 29.6 Å². The predicted molar refractivity (Wildman–Crippen MR) is 51.7 cm³/mol. The van der Waals surface area contributed by atoms with Crippen LogP contribution in [0.5, 0.6) is 0 Å². The Kier molecular flexibility index (Phi) is 3.82. The molecule has 0 unspecified atom stereocenters. The topological polar surface area (TPSA) is 62.4 Å². The fourth-order valence-corrected chi connectivity index (χ4v) is 0.825. The van der Waals surface area contributed by atoms with Crippen LogP contribution in [0.1, 0.15) is 13.8 Å². The molecule has 0 aromatic heterocycles. The summed E-state index contributed by atoms with van der Waals surface area (Å²) >= 11 is 0. The number of hydrogen-bond donors (Lipinski definition) is 3. The normalized spacial score (nSPS) is 20.8. The number of hydrazine groups is 1. The minimum atomic E-state index is 0. The summed E-state index contributed by atoms with van der Waals surface area (Å²) in [7, 11) is 0. The molecule has 0 fully saturated rings. The average molecular weight is 223 g/mol. The molecule has 0 spiro atoms. The van der Waals surface area contributed by atoms with E-state index < -0.39 is 0 Å². The smallest absolute Gasteiger partial charge is 0.205 e. The second-order valence-corrected chi connectivity index (χ2v) is 3.33. The molecule has 4 N–H and O–H groups in total. The van der Waals surface area contributed by atoms with E-state index in [1.807, 2.05) is 0 Å². The highest BCUT2D eigenvalue weighted by Crippen LogP contribution is 2.15. The predicted octanol–water partition coefficient (Wildman–Crippen LogP) is 0.0130. The Bertz CT molecular complexity index is 155. The first-order valence-corrected chi connectivity index (χ1v) is 3.39. The van der Waals surface area contributed by atoms with Crippen molar-refractivity contribution in [3.63, 3.8) is 0 Å². The lowest BCUT2D eigenvalue weighted by atomic mass is 9.93. The van der Waals surface area contributed by atoms with Crippen LogP contribution in [0.4, 0.5) is 0 Å². The van der Waals surface area contributed by atoms with Crippen molar-refractivity contribution in [2.45, 2.75) is 13.8 Å². The molecule has 0 aliphatic carbocycles. The van der Waals surface area contributed by atoms with E-state index in [9.17, 15) is 0 Å². The summed E-state index contributed by atoms with van der Waals surface area (Å²) < 4.78 is 0. The number of halogens is 1. The summed E-state index contributed by atoms with van der Waals surface area (Å²) in [5.41, 5.74) is 2.74. The van der Waals surface area contributed by atoms with Gasteiger partial charge in [-0.05, 0) is 0 Å². The fraction of sp³-hybridized carbons (Fsp3) is 0.833. The van der Waals surface area contributed by atoms with Gasteiger partial charge in [-0.2, -0.15) is 0 Å². The first-order chi connectivity index (χ1) is 4.64. The molecule has 0 amide bonds. The number of nitrogens with two attached hydrogens (primary N) is 1. The van der Waals surface area contributed by atoms with E-state index in [0.29, 0.717) is 5.96 Å². The van der Waals surface area contributed by atoms with Crippen molar-refractivity contribution < 1.29 is 0 Å². The summed E-state index contributed by atoms with van der Waals surface area (Å²) in [6, 6.07) is 0. The fourth-order valence-electron chi connectivity index (χ4n) is 0.825. The summed E-state index contributed by atoms with van der Waals surface area (Å²) in [4.78, 5) is 4.17. The number of aliphatic imine (C=N–C) groups is 1. The second-order valence-electron chi connectivity index (χ2n) is 3.33. The lowest BCUT2D eigenvalue weighted by Crippen LogP contribution is -2.49. The number of guanidine groups is 1. The number of nitrogens with one attached hydrogen (secondary N) is 2. The van der Waals surface area contributed by atoms with Gasteiger partial charge in [0.05, 0.1) is 0 Å². The van der Waals surface area contributed by atoms with Gasteiger partial charge in [0.25, 0.3) is 0 Å². The third-order valence-electron chi connectivity index (χ3n) is 1.54. The van der Waals surface area contributed by atoms with Crippen molar-refractivity contribution in [3.05, 3.63) is 0 Å². The molecule has 1 heterocycles. The van der Waals surface area contributed by atoms with Gasteiger partial charge in [0.2, 0.25) is 5.96 Å². The number of rotatable bonds is 0. The SMILES string of the molecule is Br.CC1(C)CN=C(NN)NC1. The van der Waals surface area contributed by atoms with Crippen LogP contribution in [0.3, 0.4) is 0 Å². The molecule has 0 aromatic rings. The van der Waals surface area contributed by atoms with E-state index >= 15 is 0 Å². The molecule has 1 aliphatic heterocycles. The Morgan fingerprint density at radius 1 is 1.64 bits per heavy atom. The summed E-state index contributed by atoms with van der Waals surface area (Å²) in [6.07, 6.45) is 0. The van der Waals surface area contributed by atoms with Crippen LogP contribution in [0.25, 0.3) is 0 Å². The van der Waals surface area contributed by atoms with E-state index in [-0.39, 0.29) is 22.4 Å². The average Bonchev–Trinajstić information content (AvgIpc) is 1.88. The van der Waals surface area contributed by atoms with Crippen molar-refractivity contribution >= 4 is 22.9 Å². The zero-order valence-electron chi connectivity index (χ0n) is 6.85. The van der Waals surface area contributed by atoms with Gasteiger partial charge in [-0.15, -0.1) is 17.0 Å². The maximum absolute atomic E-state index is 5.15. The highest BCUT2D eigenvalue weighted by molar-refractivity contribution is 8.93. The molecule has 11 heavy (non-hydrogen) atoms. The third-order valence-corrected chi connectivity index (χ3v) is 1.54. The summed E-state index contributed by atoms with van der Waals surface area (Å²) in [5.74, 6) is 5.84. The summed E-state index contributed by atoms with van der Waals surface area (Å²) in [6.45, 7) is 6.09. The molecule has 66 valence electrons. The van der Waals surface area contributed by atoms with Crippen molar-refractivity contribution in [3.8, 4) is 0 Å².